The summed E-state index contributed by atoms with van der Waals surface area (Å²) < 4.78 is 39.8. The number of carbonyl (C=O) groups excluding carboxylic acids is 1. The Morgan fingerprint density at radius 3 is 2.55 bits per heavy atom. The van der Waals surface area contributed by atoms with Crippen LogP contribution in [0.4, 0.5) is 4.79 Å². The molecule has 0 aromatic carbocycles. The van der Waals surface area contributed by atoms with E-state index in [1.54, 1.807) is 20.8 Å². The SMILES string of the molecule is C[S+]([O-])S(=O)(=O)CC1CCCN(C(=O)OC(C)(C)C)C1. The van der Waals surface area contributed by atoms with Crippen LogP contribution >= 0.6 is 0 Å². The molecule has 2 unspecified atom stereocenters. The van der Waals surface area contributed by atoms with Crippen molar-refractivity contribution < 1.29 is 22.5 Å². The van der Waals surface area contributed by atoms with Gasteiger partial charge in [-0.25, -0.2) is 4.79 Å². The lowest BCUT2D eigenvalue weighted by Gasteiger charge is -2.33. The van der Waals surface area contributed by atoms with Gasteiger partial charge < -0.3 is 14.2 Å². The van der Waals surface area contributed by atoms with Crippen LogP contribution in [0, 0.1) is 5.92 Å². The number of carbonyl (C=O) groups is 1. The zero-order valence-corrected chi connectivity index (χ0v) is 14.1. The molecule has 0 spiro atoms. The highest BCUT2D eigenvalue weighted by atomic mass is 33.2. The Balaban J connectivity index is 2.61. The van der Waals surface area contributed by atoms with Crippen LogP contribution in [0.2, 0.25) is 0 Å². The monoisotopic (exact) mass is 325 g/mol. The lowest BCUT2D eigenvalue weighted by molar-refractivity contribution is 0.0176. The molecule has 1 heterocycles. The predicted octanol–water partition coefficient (Wildman–Crippen LogP) is 1.34. The van der Waals surface area contributed by atoms with E-state index in [1.165, 1.54) is 11.2 Å². The molecule has 0 radical (unpaired) electrons. The van der Waals surface area contributed by atoms with Gasteiger partial charge >= 0.3 is 15.0 Å². The third-order valence-corrected chi connectivity index (χ3v) is 7.12. The number of piperidine rings is 1. The standard InChI is InChI=1S/C12H23NO5S2/c1-12(2,3)18-11(14)13-7-5-6-10(8-13)9-20(16,17)19(4)15/h10H,5-9H2,1-4H3. The van der Waals surface area contributed by atoms with Gasteiger partial charge in [0.2, 0.25) is 0 Å². The first kappa shape index (κ1) is 17.6. The third-order valence-electron chi connectivity index (χ3n) is 2.97. The molecule has 20 heavy (non-hydrogen) atoms. The Bertz CT molecular complexity index is 441. The van der Waals surface area contributed by atoms with Crippen molar-refractivity contribution in [3.63, 3.8) is 0 Å². The molecule has 0 saturated carbocycles. The Labute approximate surface area is 123 Å². The second kappa shape index (κ2) is 6.53. The Morgan fingerprint density at radius 2 is 2.05 bits per heavy atom. The van der Waals surface area contributed by atoms with E-state index in [9.17, 15) is 17.8 Å². The van der Waals surface area contributed by atoms with Crippen molar-refractivity contribution in [1.82, 2.24) is 4.90 Å². The first-order valence-corrected chi connectivity index (χ1v) is 10.3. The van der Waals surface area contributed by atoms with Gasteiger partial charge in [0, 0.05) is 13.1 Å². The molecule has 0 N–H and O–H groups in total. The van der Waals surface area contributed by atoms with Crippen molar-refractivity contribution in [3.05, 3.63) is 0 Å². The van der Waals surface area contributed by atoms with E-state index < -0.39 is 30.8 Å². The molecular weight excluding hydrogens is 302 g/mol. The summed E-state index contributed by atoms with van der Waals surface area (Å²) in [5.41, 5.74) is -0.568. The van der Waals surface area contributed by atoms with Gasteiger partial charge in [-0.2, -0.15) is 8.42 Å². The number of ether oxygens (including phenoxy) is 1. The minimum absolute atomic E-state index is 0.143. The Morgan fingerprint density at radius 1 is 1.45 bits per heavy atom. The van der Waals surface area contributed by atoms with Gasteiger partial charge in [-0.3, -0.25) is 0 Å². The summed E-state index contributed by atoms with van der Waals surface area (Å²) in [5, 5.41) is 0. The van der Waals surface area contributed by atoms with Crippen molar-refractivity contribution in [3.8, 4) is 0 Å². The van der Waals surface area contributed by atoms with Crippen LogP contribution in [0.1, 0.15) is 33.6 Å². The van der Waals surface area contributed by atoms with Gasteiger partial charge in [-0.1, -0.05) is 0 Å². The number of nitrogens with zero attached hydrogens (tertiary/aromatic N) is 1. The number of amides is 1. The lowest BCUT2D eigenvalue weighted by Crippen LogP contribution is -2.44. The fraction of sp³-hybridized carbons (Fsp3) is 0.917. The number of rotatable bonds is 3. The Kier molecular flexibility index (Phi) is 5.74. The first-order chi connectivity index (χ1) is 9.01. The van der Waals surface area contributed by atoms with Crippen molar-refractivity contribution in [2.75, 3.05) is 25.1 Å². The van der Waals surface area contributed by atoms with Crippen molar-refractivity contribution in [1.29, 1.82) is 0 Å². The topological polar surface area (TPSA) is 86.7 Å². The number of likely N-dealkylation sites (tertiary alicyclic amines) is 1. The maximum absolute atomic E-state index is 12.0. The van der Waals surface area contributed by atoms with E-state index in [2.05, 4.69) is 0 Å². The maximum atomic E-state index is 12.0. The molecule has 1 aliphatic rings. The van der Waals surface area contributed by atoms with E-state index in [4.69, 9.17) is 4.74 Å². The molecule has 1 saturated heterocycles. The van der Waals surface area contributed by atoms with Crippen LogP contribution in [0.5, 0.6) is 0 Å². The molecule has 1 amide bonds. The summed E-state index contributed by atoms with van der Waals surface area (Å²) in [6, 6.07) is 0. The molecule has 0 bridgehead atoms. The molecule has 1 fully saturated rings. The molecule has 8 heteroatoms. The summed E-state index contributed by atoms with van der Waals surface area (Å²) >= 11 is 0. The quantitative estimate of drug-likeness (QED) is 0.577. The van der Waals surface area contributed by atoms with Crippen molar-refractivity contribution >= 4 is 25.2 Å². The highest BCUT2D eigenvalue weighted by Gasteiger charge is 2.33. The molecule has 0 aromatic heterocycles. The van der Waals surface area contributed by atoms with Crippen LogP contribution in [0.3, 0.4) is 0 Å². The van der Waals surface area contributed by atoms with Crippen LogP contribution in [0.25, 0.3) is 0 Å². The van der Waals surface area contributed by atoms with Crippen LogP contribution in [0.15, 0.2) is 0 Å². The zero-order chi connectivity index (χ0) is 15.6. The molecular formula is C12H23NO5S2. The summed E-state index contributed by atoms with van der Waals surface area (Å²) in [5.74, 6) is -0.319. The van der Waals surface area contributed by atoms with E-state index in [0.717, 1.165) is 12.8 Å². The minimum Gasteiger partial charge on any atom is -0.602 e. The second-order valence-electron chi connectivity index (χ2n) is 6.06. The van der Waals surface area contributed by atoms with Crippen LogP contribution in [-0.2, 0) is 23.8 Å². The van der Waals surface area contributed by atoms with Gasteiger partial charge in [0.05, 0.1) is 16.0 Å². The molecule has 0 aliphatic carbocycles. The van der Waals surface area contributed by atoms with Crippen LogP contribution in [-0.4, -0.2) is 54.7 Å². The largest absolute Gasteiger partial charge is 0.602 e. The van der Waals surface area contributed by atoms with Gasteiger partial charge in [0.15, 0.2) is 0 Å². The van der Waals surface area contributed by atoms with E-state index >= 15 is 0 Å². The second-order valence-corrected chi connectivity index (χ2v) is 11.2. The molecule has 118 valence electrons. The lowest BCUT2D eigenvalue weighted by atomic mass is 10.0. The summed E-state index contributed by atoms with van der Waals surface area (Å²) in [6.07, 6.45) is 2.20. The first-order valence-electron chi connectivity index (χ1n) is 6.56. The molecule has 2 atom stereocenters. The molecule has 1 aliphatic heterocycles. The van der Waals surface area contributed by atoms with E-state index in [1.807, 2.05) is 0 Å². The average Bonchev–Trinajstić information content (AvgIpc) is 2.26. The summed E-state index contributed by atoms with van der Waals surface area (Å²) in [6.45, 7) is 6.27. The fourth-order valence-corrected chi connectivity index (χ4v) is 4.27. The van der Waals surface area contributed by atoms with Crippen molar-refractivity contribution in [2.24, 2.45) is 5.92 Å². The third kappa shape index (κ3) is 5.49. The van der Waals surface area contributed by atoms with Gasteiger partial charge in [-0.15, -0.1) is 0 Å². The van der Waals surface area contributed by atoms with E-state index in [0.29, 0.717) is 13.1 Å². The average molecular weight is 325 g/mol. The predicted molar refractivity (Wildman–Crippen MR) is 78.4 cm³/mol. The highest BCUT2D eigenvalue weighted by Crippen LogP contribution is 2.22. The number of hydrogen-bond acceptors (Lipinski definition) is 5. The van der Waals surface area contributed by atoms with E-state index in [-0.39, 0.29) is 11.7 Å². The Hall–Kier alpha value is -0.470. The maximum Gasteiger partial charge on any atom is 0.410 e. The van der Waals surface area contributed by atoms with Crippen LogP contribution < -0.4 is 0 Å². The summed E-state index contributed by atoms with van der Waals surface area (Å²) in [4.78, 5) is 13.5. The normalized spacial score (nSPS) is 22.4. The minimum atomic E-state index is -3.59. The van der Waals surface area contributed by atoms with Gasteiger partial charge in [-0.05, 0) is 39.5 Å². The number of hydrogen-bond donors (Lipinski definition) is 0. The summed E-state index contributed by atoms with van der Waals surface area (Å²) in [7, 11) is -5.47. The fourth-order valence-electron chi connectivity index (χ4n) is 2.08. The van der Waals surface area contributed by atoms with Crippen molar-refractivity contribution in [2.45, 2.75) is 39.2 Å². The smallest absolute Gasteiger partial charge is 0.410 e. The zero-order valence-electron chi connectivity index (χ0n) is 12.4. The molecule has 1 rings (SSSR count). The van der Waals surface area contributed by atoms with Gasteiger partial charge in [0.25, 0.3) is 0 Å². The molecule has 0 aromatic rings. The van der Waals surface area contributed by atoms with Gasteiger partial charge in [0.1, 0.15) is 11.9 Å². The molecule has 6 nitrogen and oxygen atoms in total. The highest BCUT2D eigenvalue weighted by molar-refractivity contribution is 8.66.